The predicted octanol–water partition coefficient (Wildman–Crippen LogP) is 14.0. The van der Waals surface area contributed by atoms with Gasteiger partial charge in [-0.1, -0.05) is 133 Å². The maximum Gasteiger partial charge on any atom is 0.418 e. The van der Waals surface area contributed by atoms with Crippen LogP contribution in [0.1, 0.15) is 5.56 Å². The summed E-state index contributed by atoms with van der Waals surface area (Å²) in [5, 5.41) is 4.53. The van der Waals surface area contributed by atoms with Crippen molar-refractivity contribution in [2.24, 2.45) is 0 Å². The molecule has 0 amide bonds. The highest BCUT2D eigenvalue weighted by Crippen LogP contribution is 2.49. The molecule has 290 valence electrons. The van der Waals surface area contributed by atoms with Crippen LogP contribution < -0.4 is 0 Å². The number of nitrogens with zero attached hydrogens (tertiary/aromatic N) is 5. The number of para-hydroxylation sites is 4. The lowest BCUT2D eigenvalue weighted by atomic mass is 9.99. The fourth-order valence-corrected chi connectivity index (χ4v) is 8.95. The van der Waals surface area contributed by atoms with Gasteiger partial charge in [-0.25, -0.2) is 15.0 Å². The fourth-order valence-electron chi connectivity index (χ4n) is 8.95. The third-order valence-electron chi connectivity index (χ3n) is 11.6. The Bertz CT molecular complexity index is 3630. The van der Waals surface area contributed by atoms with Gasteiger partial charge < -0.3 is 13.6 Å². The van der Waals surface area contributed by atoms with Crippen LogP contribution in [0.2, 0.25) is 0 Å². The maximum atomic E-state index is 16.2. The molecule has 0 fully saturated rings. The Hall–Kier alpha value is -8.04. The molecule has 0 saturated heterocycles. The summed E-state index contributed by atoms with van der Waals surface area (Å²) in [4.78, 5) is 14.5. The van der Waals surface area contributed by atoms with Gasteiger partial charge in [0, 0.05) is 43.7 Å². The molecule has 0 unspecified atom stereocenters. The second-order valence-corrected chi connectivity index (χ2v) is 15.1. The number of fused-ring (bicyclic) bond motifs is 9. The van der Waals surface area contributed by atoms with Gasteiger partial charge in [0.15, 0.2) is 17.5 Å². The normalized spacial score (nSPS) is 12.2. The molecule has 12 rings (SSSR count). The number of alkyl halides is 3. The second-order valence-electron chi connectivity index (χ2n) is 15.1. The molecular weight excluding hydrogens is 768 g/mol. The first-order valence-electron chi connectivity index (χ1n) is 19.9. The average molecular weight is 798 g/mol. The summed E-state index contributed by atoms with van der Waals surface area (Å²) in [6, 6.07) is 57.1. The van der Waals surface area contributed by atoms with Crippen molar-refractivity contribution in [1.82, 2.24) is 24.1 Å². The van der Waals surface area contributed by atoms with Crippen molar-refractivity contribution in [1.29, 1.82) is 0 Å². The van der Waals surface area contributed by atoms with Gasteiger partial charge in [0.1, 0.15) is 11.2 Å². The van der Waals surface area contributed by atoms with Crippen LogP contribution in [0.3, 0.4) is 0 Å². The molecule has 0 bridgehead atoms. The standard InChI is InChI=1S/C52H30F3N5O/c53-52(54,55)40-29-39(51-57-49(31-16-4-1-5-17-31)56-50(58-51)32-18-6-2-7-19-32)48-46(36-24-12-15-27-45(36)61-48)47(40)60-42-26-14-11-23-35(42)38-28-37-34-22-10-13-25-41(34)59(43(37)30-44(38)60)33-20-8-3-9-21-33/h1-30H. The van der Waals surface area contributed by atoms with Crippen molar-refractivity contribution >= 4 is 65.6 Å². The van der Waals surface area contributed by atoms with Gasteiger partial charge in [-0.05, 0) is 48.5 Å². The molecule has 8 aromatic carbocycles. The Kier molecular flexibility index (Phi) is 7.59. The molecule has 0 atom stereocenters. The van der Waals surface area contributed by atoms with Crippen molar-refractivity contribution in [3.63, 3.8) is 0 Å². The van der Waals surface area contributed by atoms with Crippen LogP contribution in [0.4, 0.5) is 13.2 Å². The van der Waals surface area contributed by atoms with Gasteiger partial charge in [0.25, 0.3) is 0 Å². The first kappa shape index (κ1) is 35.0. The summed E-state index contributed by atoms with van der Waals surface area (Å²) >= 11 is 0. The Balaban J connectivity index is 1.24. The molecule has 0 radical (unpaired) electrons. The van der Waals surface area contributed by atoms with Gasteiger partial charge in [0.2, 0.25) is 0 Å². The second kappa shape index (κ2) is 13.2. The minimum atomic E-state index is -4.82. The zero-order valence-corrected chi connectivity index (χ0v) is 32.1. The Morgan fingerprint density at radius 2 is 0.918 bits per heavy atom. The van der Waals surface area contributed by atoms with E-state index in [0.29, 0.717) is 50.2 Å². The van der Waals surface area contributed by atoms with Crippen LogP contribution in [0.25, 0.3) is 111 Å². The molecule has 6 nitrogen and oxygen atoms in total. The zero-order valence-electron chi connectivity index (χ0n) is 32.1. The lowest BCUT2D eigenvalue weighted by molar-refractivity contribution is -0.137. The van der Waals surface area contributed by atoms with Crippen LogP contribution in [-0.4, -0.2) is 24.1 Å². The monoisotopic (exact) mass is 797 g/mol. The summed E-state index contributed by atoms with van der Waals surface area (Å²) < 4.78 is 59.3. The summed E-state index contributed by atoms with van der Waals surface area (Å²) in [5.41, 5.74) is 5.34. The highest BCUT2D eigenvalue weighted by molar-refractivity contribution is 6.21. The average Bonchev–Trinajstić information content (AvgIpc) is 3.96. The summed E-state index contributed by atoms with van der Waals surface area (Å²) in [6.07, 6.45) is -4.82. The van der Waals surface area contributed by atoms with Crippen molar-refractivity contribution in [3.05, 3.63) is 188 Å². The van der Waals surface area contributed by atoms with E-state index >= 15 is 13.2 Å². The zero-order chi connectivity index (χ0) is 40.8. The van der Waals surface area contributed by atoms with Gasteiger partial charge in [-0.2, -0.15) is 13.2 Å². The van der Waals surface area contributed by atoms with Gasteiger partial charge in [-0.3, -0.25) is 0 Å². The van der Waals surface area contributed by atoms with Crippen molar-refractivity contribution in [2.75, 3.05) is 0 Å². The minimum Gasteiger partial charge on any atom is -0.455 e. The largest absolute Gasteiger partial charge is 0.455 e. The van der Waals surface area contributed by atoms with Gasteiger partial charge >= 0.3 is 6.18 Å². The molecule has 12 aromatic rings. The topological polar surface area (TPSA) is 61.7 Å². The minimum absolute atomic E-state index is 0.0373. The SMILES string of the molecule is FC(F)(F)c1cc(-c2nc(-c3ccccc3)nc(-c3ccccc3)n2)c2oc3ccccc3c2c1-n1c2ccccc2c2cc3c4ccccc4n(-c4ccccc4)c3cc21. The van der Waals surface area contributed by atoms with Crippen LogP contribution in [-0.2, 0) is 6.18 Å². The summed E-state index contributed by atoms with van der Waals surface area (Å²) in [6.45, 7) is 0. The van der Waals surface area contributed by atoms with E-state index in [2.05, 4.69) is 22.8 Å². The van der Waals surface area contributed by atoms with E-state index < -0.39 is 11.7 Å². The molecule has 0 N–H and O–H groups in total. The highest BCUT2D eigenvalue weighted by Gasteiger charge is 2.39. The first-order valence-corrected chi connectivity index (χ1v) is 19.9. The van der Waals surface area contributed by atoms with E-state index in [1.54, 1.807) is 10.6 Å². The number of hydrogen-bond donors (Lipinski definition) is 0. The number of aromatic nitrogens is 5. The maximum absolute atomic E-state index is 16.2. The van der Waals surface area contributed by atoms with Crippen LogP contribution >= 0.6 is 0 Å². The Morgan fingerprint density at radius 1 is 0.426 bits per heavy atom. The number of halogens is 3. The quantitative estimate of drug-likeness (QED) is 0.174. The molecule has 0 aliphatic heterocycles. The number of benzene rings is 8. The summed E-state index contributed by atoms with van der Waals surface area (Å²) in [7, 11) is 0. The van der Waals surface area contributed by atoms with E-state index in [9.17, 15) is 0 Å². The fraction of sp³-hybridized carbons (Fsp3) is 0.0192. The predicted molar refractivity (Wildman–Crippen MR) is 237 cm³/mol. The molecular formula is C52H30F3N5O. The number of hydrogen-bond acceptors (Lipinski definition) is 4. The number of furan rings is 1. The lowest BCUT2D eigenvalue weighted by Crippen LogP contribution is -2.12. The molecule has 61 heavy (non-hydrogen) atoms. The molecule has 0 aliphatic rings. The van der Waals surface area contributed by atoms with E-state index in [4.69, 9.17) is 19.4 Å². The van der Waals surface area contributed by atoms with E-state index in [-0.39, 0.29) is 22.7 Å². The Morgan fingerprint density at radius 3 is 1.52 bits per heavy atom. The highest BCUT2D eigenvalue weighted by atomic mass is 19.4. The van der Waals surface area contributed by atoms with Crippen LogP contribution in [0.15, 0.2) is 186 Å². The molecule has 0 saturated carbocycles. The molecule has 0 spiro atoms. The molecule has 4 heterocycles. The third kappa shape index (κ3) is 5.40. The lowest BCUT2D eigenvalue weighted by Gasteiger charge is -2.19. The van der Waals surface area contributed by atoms with Crippen molar-refractivity contribution in [3.8, 4) is 45.5 Å². The van der Waals surface area contributed by atoms with Crippen molar-refractivity contribution in [2.45, 2.75) is 6.18 Å². The third-order valence-corrected chi connectivity index (χ3v) is 11.6. The van der Waals surface area contributed by atoms with Crippen molar-refractivity contribution < 1.29 is 17.6 Å². The van der Waals surface area contributed by atoms with Crippen LogP contribution in [0.5, 0.6) is 0 Å². The van der Waals surface area contributed by atoms with E-state index in [0.717, 1.165) is 44.3 Å². The number of rotatable bonds is 5. The van der Waals surface area contributed by atoms with E-state index in [1.165, 1.54) is 0 Å². The van der Waals surface area contributed by atoms with Gasteiger partial charge in [-0.15, -0.1) is 0 Å². The molecule has 4 aromatic heterocycles. The van der Waals surface area contributed by atoms with Gasteiger partial charge in [0.05, 0.1) is 44.3 Å². The molecule has 9 heteroatoms. The van der Waals surface area contributed by atoms with Crippen LogP contribution in [0, 0.1) is 0 Å². The Labute approximate surface area is 345 Å². The first-order chi connectivity index (χ1) is 29.9. The smallest absolute Gasteiger partial charge is 0.418 e. The molecule has 0 aliphatic carbocycles. The summed E-state index contributed by atoms with van der Waals surface area (Å²) in [5.74, 6) is 0.711. The van der Waals surface area contributed by atoms with E-state index in [1.807, 2.05) is 152 Å².